The van der Waals surface area contributed by atoms with Gasteiger partial charge in [0.15, 0.2) is 0 Å². The quantitative estimate of drug-likeness (QED) is 0.0532. The second-order valence-electron chi connectivity index (χ2n) is 15.9. The number of rotatable bonds is 24. The number of amides is 6. The number of aliphatic carboxylic acids is 3. The maximum atomic E-state index is 14.2. The first-order valence-corrected chi connectivity index (χ1v) is 19.3. The fraction of sp³-hybridized carbons (Fsp3) is 0.750. The predicted molar refractivity (Wildman–Crippen MR) is 204 cm³/mol. The van der Waals surface area contributed by atoms with E-state index in [9.17, 15) is 63.4 Å². The third-order valence-electron chi connectivity index (χ3n) is 9.46. The van der Waals surface area contributed by atoms with Crippen molar-refractivity contribution < 1.29 is 68.5 Å². The summed E-state index contributed by atoms with van der Waals surface area (Å²) in [6.07, 6.45) is 0.335. The molecule has 1 rings (SSSR count). The molecule has 57 heavy (non-hydrogen) atoms. The second kappa shape index (κ2) is 24.1. The molecule has 20 nitrogen and oxygen atoms in total. The van der Waals surface area contributed by atoms with Crippen LogP contribution in [0.4, 0.5) is 0 Å². The molecule has 0 saturated heterocycles. The maximum absolute atomic E-state index is 14.2. The predicted octanol–water partition coefficient (Wildman–Crippen LogP) is -0.806. The average Bonchev–Trinajstić information content (AvgIpc) is 3.10. The van der Waals surface area contributed by atoms with E-state index in [0.29, 0.717) is 25.7 Å². The lowest BCUT2D eigenvalue weighted by atomic mass is 9.77. The molecule has 0 radical (unpaired) electrons. The van der Waals surface area contributed by atoms with Crippen LogP contribution < -0.4 is 31.9 Å². The summed E-state index contributed by atoms with van der Waals surface area (Å²) < 4.78 is 0. The zero-order valence-electron chi connectivity index (χ0n) is 33.6. The van der Waals surface area contributed by atoms with Crippen LogP contribution in [0.5, 0.6) is 0 Å². The van der Waals surface area contributed by atoms with Gasteiger partial charge in [-0.2, -0.15) is 0 Å². The zero-order valence-corrected chi connectivity index (χ0v) is 33.6. The molecule has 0 heterocycles. The molecule has 1 aliphatic carbocycles. The van der Waals surface area contributed by atoms with Gasteiger partial charge in [-0.25, -0.2) is 0 Å². The van der Waals surface area contributed by atoms with E-state index in [0.717, 1.165) is 6.42 Å². The van der Waals surface area contributed by atoms with Crippen LogP contribution in [0.1, 0.15) is 119 Å². The van der Waals surface area contributed by atoms with Crippen LogP contribution in [-0.4, -0.2) is 122 Å². The first-order chi connectivity index (χ1) is 26.5. The molecule has 6 atom stereocenters. The summed E-state index contributed by atoms with van der Waals surface area (Å²) in [6.45, 7) is 10.3. The lowest BCUT2D eigenvalue weighted by molar-refractivity contribution is -0.142. The topological polar surface area (TPSA) is 327 Å². The summed E-state index contributed by atoms with van der Waals surface area (Å²) in [5.74, 6) is -11.0. The summed E-state index contributed by atoms with van der Waals surface area (Å²) in [4.78, 5) is 115. The molecular formula is C36H61BN6O14. The number of nitrogens with one attached hydrogen (secondary N) is 6. The van der Waals surface area contributed by atoms with Crippen LogP contribution >= 0.6 is 0 Å². The van der Waals surface area contributed by atoms with Gasteiger partial charge in [-0.15, -0.1) is 0 Å². The molecule has 1 aliphatic rings. The van der Waals surface area contributed by atoms with E-state index in [1.54, 1.807) is 27.7 Å². The molecular weight excluding hydrogens is 751 g/mol. The molecule has 0 aromatic carbocycles. The number of carbonyl (C=O) groups excluding carboxylic acids is 6. The largest absolute Gasteiger partial charge is 0.481 e. The van der Waals surface area contributed by atoms with Crippen LogP contribution in [0.3, 0.4) is 0 Å². The first kappa shape index (κ1) is 50.2. The Morgan fingerprint density at radius 3 is 1.67 bits per heavy atom. The van der Waals surface area contributed by atoms with Crippen molar-refractivity contribution in [3.8, 4) is 0 Å². The highest BCUT2D eigenvalue weighted by atomic mass is 16.4. The highest BCUT2D eigenvalue weighted by Crippen LogP contribution is 2.28. The molecule has 0 aromatic heterocycles. The lowest BCUT2D eigenvalue weighted by Crippen LogP contribution is -2.63. The minimum absolute atomic E-state index is 0.0871. The van der Waals surface area contributed by atoms with Gasteiger partial charge >= 0.3 is 25.0 Å². The van der Waals surface area contributed by atoms with E-state index in [4.69, 9.17) is 5.11 Å². The highest BCUT2D eigenvalue weighted by molar-refractivity contribution is 6.43. The Morgan fingerprint density at radius 2 is 1.18 bits per heavy atom. The molecule has 1 fully saturated rings. The molecule has 6 amide bonds. The van der Waals surface area contributed by atoms with Gasteiger partial charge in [0.2, 0.25) is 35.4 Å². The summed E-state index contributed by atoms with van der Waals surface area (Å²) in [5, 5.41) is 61.9. The minimum Gasteiger partial charge on any atom is -0.481 e. The summed E-state index contributed by atoms with van der Waals surface area (Å²) >= 11 is 0. The SMILES string of the molecule is CC[C@H](NC(=O)[C@H](CC(C)C)NC(=O)[C@@H](NC(=O)C(NC(=O)[C@H](CCC(=O)O)NC(=O)[C@H](CC(=O)O)NC(=O)CCC(=O)O)C1CCCCC1)C(C)(C)C)B(O)O. The highest BCUT2D eigenvalue weighted by Gasteiger charge is 2.40. The maximum Gasteiger partial charge on any atom is 0.475 e. The normalized spacial score (nSPS) is 16.4. The van der Waals surface area contributed by atoms with Gasteiger partial charge in [0.1, 0.15) is 30.2 Å². The number of carboxylic acids is 3. The van der Waals surface area contributed by atoms with Gasteiger partial charge in [-0.3, -0.25) is 43.2 Å². The molecule has 1 saturated carbocycles. The van der Waals surface area contributed by atoms with Crippen molar-refractivity contribution in [2.75, 3.05) is 0 Å². The third-order valence-corrected chi connectivity index (χ3v) is 9.46. The van der Waals surface area contributed by atoms with E-state index in [1.807, 2.05) is 13.8 Å². The van der Waals surface area contributed by atoms with Gasteiger partial charge in [-0.1, -0.05) is 60.8 Å². The van der Waals surface area contributed by atoms with Crippen LogP contribution in [0.25, 0.3) is 0 Å². The van der Waals surface area contributed by atoms with Crippen molar-refractivity contribution in [1.82, 2.24) is 31.9 Å². The Hall–Kier alpha value is -4.79. The van der Waals surface area contributed by atoms with Gasteiger partial charge < -0.3 is 57.3 Å². The van der Waals surface area contributed by atoms with Crippen molar-refractivity contribution in [3.63, 3.8) is 0 Å². The molecule has 0 bridgehead atoms. The Labute approximate surface area is 332 Å². The van der Waals surface area contributed by atoms with Crippen LogP contribution in [0.15, 0.2) is 0 Å². The molecule has 0 aromatic rings. The number of hydrogen-bond donors (Lipinski definition) is 11. The van der Waals surface area contributed by atoms with Crippen molar-refractivity contribution in [3.05, 3.63) is 0 Å². The van der Waals surface area contributed by atoms with E-state index >= 15 is 0 Å². The van der Waals surface area contributed by atoms with Gasteiger partial charge in [-0.05, 0) is 49.4 Å². The van der Waals surface area contributed by atoms with Crippen LogP contribution in [0, 0.1) is 17.3 Å². The van der Waals surface area contributed by atoms with E-state index in [-0.39, 0.29) is 18.8 Å². The summed E-state index contributed by atoms with van der Waals surface area (Å²) in [6, 6.07) is -7.09. The average molecular weight is 813 g/mol. The Kier molecular flexibility index (Phi) is 21.2. The van der Waals surface area contributed by atoms with Gasteiger partial charge in [0, 0.05) is 12.8 Å². The van der Waals surface area contributed by atoms with Gasteiger partial charge in [0.05, 0.1) is 18.8 Å². The third kappa shape index (κ3) is 18.8. The van der Waals surface area contributed by atoms with E-state index < -0.39 is 140 Å². The van der Waals surface area contributed by atoms with Gasteiger partial charge in [0.25, 0.3) is 0 Å². The fourth-order valence-electron chi connectivity index (χ4n) is 6.33. The van der Waals surface area contributed by atoms with Crippen molar-refractivity contribution >= 4 is 60.5 Å². The van der Waals surface area contributed by atoms with Crippen molar-refractivity contribution in [2.24, 2.45) is 17.3 Å². The number of carbonyl (C=O) groups is 9. The Bertz CT molecular complexity index is 1430. The number of hydrogen-bond acceptors (Lipinski definition) is 11. The van der Waals surface area contributed by atoms with E-state index in [1.165, 1.54) is 0 Å². The summed E-state index contributed by atoms with van der Waals surface area (Å²) in [7, 11) is -1.84. The molecule has 0 aliphatic heterocycles. The van der Waals surface area contributed by atoms with Crippen LogP contribution in [0.2, 0.25) is 0 Å². The van der Waals surface area contributed by atoms with Crippen molar-refractivity contribution in [2.45, 2.75) is 155 Å². The molecule has 0 spiro atoms. The van der Waals surface area contributed by atoms with E-state index in [2.05, 4.69) is 31.9 Å². The Balaban J connectivity index is 3.44. The number of carboxylic acid groups (broad SMARTS) is 3. The molecule has 1 unspecified atom stereocenters. The first-order valence-electron chi connectivity index (χ1n) is 19.3. The monoisotopic (exact) mass is 812 g/mol. The second-order valence-corrected chi connectivity index (χ2v) is 15.9. The zero-order chi connectivity index (χ0) is 43.6. The standard InChI is InChI=1S/C36H61BN6O14/c1-7-24(37(56)57)41-33(53)22(17-19(2)3)40-35(55)30(36(4,5)6)43-34(54)29(20-11-9-8-10-12-20)42-31(51)21(13-15-26(45)46)39-32(52)23(18-28(49)50)38-25(44)14-16-27(47)48/h19-24,29-30,56-57H,7-18H2,1-6H3,(H,38,44)(H,39,52)(H,40,55)(H,41,53)(H,42,51)(H,43,54)(H,45,46)(H,47,48)(H,49,50)/t21-,22-,23-,24-,29?,30+/m0/s1. The molecule has 21 heteroatoms. The fourth-order valence-corrected chi connectivity index (χ4v) is 6.33. The Morgan fingerprint density at radius 1 is 0.632 bits per heavy atom. The smallest absolute Gasteiger partial charge is 0.475 e. The molecule has 322 valence electrons. The minimum atomic E-state index is -1.84. The van der Waals surface area contributed by atoms with Crippen molar-refractivity contribution in [1.29, 1.82) is 0 Å². The molecule has 11 N–H and O–H groups in total. The summed E-state index contributed by atoms with van der Waals surface area (Å²) in [5.41, 5.74) is -0.959. The lowest BCUT2D eigenvalue weighted by Gasteiger charge is -2.36. The van der Waals surface area contributed by atoms with Crippen LogP contribution in [-0.2, 0) is 43.2 Å².